The van der Waals surface area contributed by atoms with E-state index >= 15 is 0 Å². The predicted molar refractivity (Wildman–Crippen MR) is 85.0 cm³/mol. The maximum atomic E-state index is 11.8. The van der Waals surface area contributed by atoms with Crippen molar-refractivity contribution in [2.24, 2.45) is 5.92 Å². The Balaban J connectivity index is 2.27. The van der Waals surface area contributed by atoms with Crippen LogP contribution in [0.2, 0.25) is 0 Å². The number of nitrogens with one attached hydrogen (secondary N) is 1. The van der Waals surface area contributed by atoms with Gasteiger partial charge in [-0.25, -0.2) is 0 Å². The Morgan fingerprint density at radius 2 is 1.95 bits per heavy atom. The Morgan fingerprint density at radius 1 is 1.30 bits per heavy atom. The molecule has 2 N–H and O–H groups in total. The zero-order chi connectivity index (χ0) is 15.0. The van der Waals surface area contributed by atoms with E-state index in [1.807, 2.05) is 0 Å². The SMILES string of the molecule is Cc1ccc(SCCC(=O)NC(CO)CC(C)C)cc1. The van der Waals surface area contributed by atoms with Gasteiger partial charge in [-0.3, -0.25) is 4.79 Å². The second kappa shape index (κ2) is 9.03. The molecule has 0 aliphatic rings. The van der Waals surface area contributed by atoms with Gasteiger partial charge >= 0.3 is 0 Å². The molecule has 1 amide bonds. The van der Waals surface area contributed by atoms with Crippen LogP contribution in [0.4, 0.5) is 0 Å². The van der Waals surface area contributed by atoms with E-state index in [1.165, 1.54) is 10.5 Å². The quantitative estimate of drug-likeness (QED) is 0.725. The number of thioether (sulfide) groups is 1. The van der Waals surface area contributed by atoms with Crippen LogP contribution in [0.5, 0.6) is 0 Å². The molecular weight excluding hydrogens is 270 g/mol. The van der Waals surface area contributed by atoms with Crippen LogP contribution in [0.25, 0.3) is 0 Å². The van der Waals surface area contributed by atoms with Gasteiger partial charge in [-0.05, 0) is 31.4 Å². The molecule has 3 nitrogen and oxygen atoms in total. The van der Waals surface area contributed by atoms with Crippen LogP contribution in [0.15, 0.2) is 29.2 Å². The van der Waals surface area contributed by atoms with Crippen molar-refractivity contribution in [1.82, 2.24) is 5.32 Å². The molecule has 1 unspecified atom stereocenters. The van der Waals surface area contributed by atoms with E-state index in [9.17, 15) is 9.90 Å². The van der Waals surface area contributed by atoms with Gasteiger partial charge in [0.2, 0.25) is 5.91 Å². The monoisotopic (exact) mass is 295 g/mol. The lowest BCUT2D eigenvalue weighted by molar-refractivity contribution is -0.121. The molecule has 0 aromatic heterocycles. The number of hydrogen-bond donors (Lipinski definition) is 2. The molecule has 0 heterocycles. The van der Waals surface area contributed by atoms with Crippen LogP contribution in [-0.4, -0.2) is 29.4 Å². The van der Waals surface area contributed by atoms with Crippen molar-refractivity contribution in [3.63, 3.8) is 0 Å². The molecule has 1 aromatic carbocycles. The molecule has 0 fully saturated rings. The molecule has 112 valence electrons. The molecule has 0 aliphatic carbocycles. The van der Waals surface area contributed by atoms with Gasteiger partial charge in [0.25, 0.3) is 0 Å². The van der Waals surface area contributed by atoms with Gasteiger partial charge in [-0.15, -0.1) is 11.8 Å². The molecule has 20 heavy (non-hydrogen) atoms. The van der Waals surface area contributed by atoms with Crippen molar-refractivity contribution in [2.75, 3.05) is 12.4 Å². The third-order valence-electron chi connectivity index (χ3n) is 2.96. The lowest BCUT2D eigenvalue weighted by Gasteiger charge is -2.18. The van der Waals surface area contributed by atoms with Crippen molar-refractivity contribution >= 4 is 17.7 Å². The molecule has 0 saturated heterocycles. The second-order valence-corrected chi connectivity index (χ2v) is 6.66. The summed E-state index contributed by atoms with van der Waals surface area (Å²) >= 11 is 1.68. The molecule has 0 aliphatic heterocycles. The van der Waals surface area contributed by atoms with Crippen molar-refractivity contribution in [1.29, 1.82) is 0 Å². The van der Waals surface area contributed by atoms with Gasteiger partial charge in [0.05, 0.1) is 12.6 Å². The van der Waals surface area contributed by atoms with Gasteiger partial charge in [0.15, 0.2) is 0 Å². The molecule has 0 spiro atoms. The number of carbonyl (C=O) groups is 1. The highest BCUT2D eigenvalue weighted by Gasteiger charge is 2.12. The van der Waals surface area contributed by atoms with Crippen LogP contribution in [0.3, 0.4) is 0 Å². The first-order chi connectivity index (χ1) is 9.51. The van der Waals surface area contributed by atoms with Gasteiger partial charge in [0.1, 0.15) is 0 Å². The van der Waals surface area contributed by atoms with Gasteiger partial charge in [0, 0.05) is 17.1 Å². The first-order valence-corrected chi connectivity index (χ1v) is 8.09. The minimum absolute atomic E-state index is 0.00895. The van der Waals surface area contributed by atoms with E-state index in [-0.39, 0.29) is 18.6 Å². The summed E-state index contributed by atoms with van der Waals surface area (Å²) in [6, 6.07) is 8.19. The Kier molecular flexibility index (Phi) is 7.70. The van der Waals surface area contributed by atoms with Crippen LogP contribution in [0.1, 0.15) is 32.3 Å². The third-order valence-corrected chi connectivity index (χ3v) is 3.97. The molecule has 1 atom stereocenters. The normalized spacial score (nSPS) is 12.4. The van der Waals surface area contributed by atoms with Crippen molar-refractivity contribution in [3.05, 3.63) is 29.8 Å². The van der Waals surface area contributed by atoms with E-state index < -0.39 is 0 Å². The second-order valence-electron chi connectivity index (χ2n) is 5.49. The zero-order valence-corrected chi connectivity index (χ0v) is 13.4. The zero-order valence-electron chi connectivity index (χ0n) is 12.6. The number of aliphatic hydroxyl groups excluding tert-OH is 1. The first kappa shape index (κ1) is 17.1. The number of aryl methyl sites for hydroxylation is 1. The summed E-state index contributed by atoms with van der Waals surface area (Å²) in [5, 5.41) is 12.1. The third kappa shape index (κ3) is 6.96. The summed E-state index contributed by atoms with van der Waals surface area (Å²) in [5.41, 5.74) is 1.24. The van der Waals surface area contributed by atoms with Gasteiger partial charge in [-0.1, -0.05) is 31.5 Å². The summed E-state index contributed by atoms with van der Waals surface area (Å²) in [4.78, 5) is 13.0. The number of rotatable bonds is 8. The highest BCUT2D eigenvalue weighted by Crippen LogP contribution is 2.19. The highest BCUT2D eigenvalue weighted by atomic mass is 32.2. The Hall–Kier alpha value is -1.00. The summed E-state index contributed by atoms with van der Waals surface area (Å²) < 4.78 is 0. The molecule has 0 bridgehead atoms. The summed E-state index contributed by atoms with van der Waals surface area (Å²) in [6.45, 7) is 6.24. The maximum absolute atomic E-state index is 11.8. The fraction of sp³-hybridized carbons (Fsp3) is 0.562. The van der Waals surface area contributed by atoms with Crippen LogP contribution >= 0.6 is 11.8 Å². The number of benzene rings is 1. The van der Waals surface area contributed by atoms with E-state index in [4.69, 9.17) is 0 Å². The number of aliphatic hydroxyl groups is 1. The van der Waals surface area contributed by atoms with Crippen molar-refractivity contribution in [3.8, 4) is 0 Å². The number of amides is 1. The number of carbonyl (C=O) groups excluding carboxylic acids is 1. The summed E-state index contributed by atoms with van der Waals surface area (Å²) in [6.07, 6.45) is 1.29. The number of hydrogen-bond acceptors (Lipinski definition) is 3. The Morgan fingerprint density at radius 3 is 2.50 bits per heavy atom. The van der Waals surface area contributed by atoms with Crippen molar-refractivity contribution < 1.29 is 9.90 Å². The largest absolute Gasteiger partial charge is 0.394 e. The Bertz CT molecular complexity index is 403. The lowest BCUT2D eigenvalue weighted by Crippen LogP contribution is -2.38. The summed E-state index contributed by atoms with van der Waals surface area (Å²) in [5.74, 6) is 1.24. The van der Waals surface area contributed by atoms with Crippen LogP contribution < -0.4 is 5.32 Å². The predicted octanol–water partition coefficient (Wildman–Crippen LogP) is 3.00. The van der Waals surface area contributed by atoms with E-state index in [2.05, 4.69) is 50.4 Å². The topological polar surface area (TPSA) is 49.3 Å². The maximum Gasteiger partial charge on any atom is 0.221 e. The van der Waals surface area contributed by atoms with E-state index in [1.54, 1.807) is 11.8 Å². The summed E-state index contributed by atoms with van der Waals surface area (Å²) in [7, 11) is 0. The average Bonchev–Trinajstić information content (AvgIpc) is 2.39. The molecule has 1 rings (SSSR count). The lowest BCUT2D eigenvalue weighted by atomic mass is 10.0. The van der Waals surface area contributed by atoms with Crippen LogP contribution in [0, 0.1) is 12.8 Å². The fourth-order valence-corrected chi connectivity index (χ4v) is 2.80. The molecule has 4 heteroatoms. The molecule has 1 aromatic rings. The first-order valence-electron chi connectivity index (χ1n) is 7.11. The minimum atomic E-state index is -0.119. The highest BCUT2D eigenvalue weighted by molar-refractivity contribution is 7.99. The molecular formula is C16H25NO2S. The van der Waals surface area contributed by atoms with Crippen LogP contribution in [-0.2, 0) is 4.79 Å². The standard InChI is InChI=1S/C16H25NO2S/c1-12(2)10-14(11-18)17-16(19)8-9-20-15-6-4-13(3)5-7-15/h4-7,12,14,18H,8-11H2,1-3H3,(H,17,19). The van der Waals surface area contributed by atoms with E-state index in [0.717, 1.165) is 12.2 Å². The van der Waals surface area contributed by atoms with Gasteiger partial charge in [-0.2, -0.15) is 0 Å². The Labute approximate surface area is 126 Å². The minimum Gasteiger partial charge on any atom is -0.394 e. The van der Waals surface area contributed by atoms with Gasteiger partial charge < -0.3 is 10.4 Å². The fourth-order valence-electron chi connectivity index (χ4n) is 1.94. The molecule has 0 radical (unpaired) electrons. The van der Waals surface area contributed by atoms with E-state index in [0.29, 0.717) is 12.3 Å². The smallest absolute Gasteiger partial charge is 0.221 e. The average molecular weight is 295 g/mol. The molecule has 0 saturated carbocycles. The van der Waals surface area contributed by atoms with Crippen molar-refractivity contribution in [2.45, 2.75) is 44.6 Å².